The van der Waals surface area contributed by atoms with Gasteiger partial charge in [-0.15, -0.1) is 0 Å². The van der Waals surface area contributed by atoms with Crippen LogP contribution in [0.4, 0.5) is 0 Å². The SMILES string of the molecule is Cc1cnn(CC(=O)NCC23CC4CC(CC(C4)C2)C3)c1. The maximum atomic E-state index is 12.1. The number of nitrogens with zero attached hydrogens (tertiary/aromatic N) is 2. The molecule has 1 heterocycles. The number of hydrogen-bond acceptors (Lipinski definition) is 2. The lowest BCUT2D eigenvalue weighted by Crippen LogP contribution is -2.51. The summed E-state index contributed by atoms with van der Waals surface area (Å²) in [5, 5.41) is 7.38. The van der Waals surface area contributed by atoms with Crippen LogP contribution in [0.15, 0.2) is 12.4 Å². The third-order valence-electron chi connectivity index (χ3n) is 5.89. The summed E-state index contributed by atoms with van der Waals surface area (Å²) in [4.78, 5) is 12.1. The van der Waals surface area contributed by atoms with Gasteiger partial charge in [0.1, 0.15) is 6.54 Å². The molecule has 4 nitrogen and oxygen atoms in total. The van der Waals surface area contributed by atoms with Crippen LogP contribution in [0, 0.1) is 30.1 Å². The number of carbonyl (C=O) groups is 1. The van der Waals surface area contributed by atoms with Gasteiger partial charge in [0, 0.05) is 12.7 Å². The highest BCUT2D eigenvalue weighted by atomic mass is 16.2. The molecule has 0 radical (unpaired) electrons. The summed E-state index contributed by atoms with van der Waals surface area (Å²) in [6.45, 7) is 3.23. The molecule has 0 atom stereocenters. The highest BCUT2D eigenvalue weighted by Gasteiger charge is 2.50. The number of hydrogen-bond donors (Lipinski definition) is 1. The van der Waals surface area contributed by atoms with E-state index in [1.54, 1.807) is 10.9 Å². The molecule has 4 aliphatic rings. The molecule has 4 heteroatoms. The van der Waals surface area contributed by atoms with Gasteiger partial charge in [-0.25, -0.2) is 0 Å². The van der Waals surface area contributed by atoms with E-state index >= 15 is 0 Å². The summed E-state index contributed by atoms with van der Waals surface area (Å²) in [6, 6.07) is 0. The van der Waals surface area contributed by atoms with Crippen molar-refractivity contribution in [2.24, 2.45) is 23.2 Å². The van der Waals surface area contributed by atoms with Crippen LogP contribution in [-0.4, -0.2) is 22.2 Å². The van der Waals surface area contributed by atoms with Crippen molar-refractivity contribution in [3.05, 3.63) is 18.0 Å². The summed E-state index contributed by atoms with van der Waals surface area (Å²) in [6.07, 6.45) is 12.1. The largest absolute Gasteiger partial charge is 0.354 e. The molecule has 4 bridgehead atoms. The fraction of sp³-hybridized carbons (Fsp3) is 0.765. The van der Waals surface area contributed by atoms with Crippen LogP contribution >= 0.6 is 0 Å². The van der Waals surface area contributed by atoms with Gasteiger partial charge in [0.25, 0.3) is 0 Å². The molecule has 4 fully saturated rings. The Balaban J connectivity index is 1.35. The van der Waals surface area contributed by atoms with Gasteiger partial charge < -0.3 is 5.32 Å². The highest BCUT2D eigenvalue weighted by molar-refractivity contribution is 5.75. The van der Waals surface area contributed by atoms with E-state index in [0.29, 0.717) is 12.0 Å². The van der Waals surface area contributed by atoms with E-state index in [0.717, 1.165) is 29.9 Å². The third kappa shape index (κ3) is 2.60. The van der Waals surface area contributed by atoms with Gasteiger partial charge in [0.2, 0.25) is 5.91 Å². The molecule has 1 aromatic rings. The molecule has 0 unspecified atom stereocenters. The zero-order valence-corrected chi connectivity index (χ0v) is 12.8. The van der Waals surface area contributed by atoms with Crippen LogP contribution in [0.3, 0.4) is 0 Å². The van der Waals surface area contributed by atoms with Gasteiger partial charge in [-0.2, -0.15) is 5.10 Å². The van der Waals surface area contributed by atoms with Crippen LogP contribution < -0.4 is 5.32 Å². The molecule has 4 saturated carbocycles. The van der Waals surface area contributed by atoms with Gasteiger partial charge in [-0.1, -0.05) is 0 Å². The number of rotatable bonds is 4. The van der Waals surface area contributed by atoms with Crippen molar-refractivity contribution in [2.75, 3.05) is 6.54 Å². The Kier molecular flexibility index (Phi) is 3.09. The summed E-state index contributed by atoms with van der Waals surface area (Å²) < 4.78 is 1.73. The summed E-state index contributed by atoms with van der Waals surface area (Å²) in [7, 11) is 0. The van der Waals surface area contributed by atoms with Crippen molar-refractivity contribution in [3.63, 3.8) is 0 Å². The molecule has 0 saturated heterocycles. The van der Waals surface area contributed by atoms with Crippen LogP contribution in [0.1, 0.15) is 44.1 Å². The first-order valence-corrected chi connectivity index (χ1v) is 8.36. The predicted octanol–water partition coefficient (Wildman–Crippen LogP) is 2.52. The predicted molar refractivity (Wildman–Crippen MR) is 80.6 cm³/mol. The first-order valence-electron chi connectivity index (χ1n) is 8.36. The summed E-state index contributed by atoms with van der Waals surface area (Å²) in [5.74, 6) is 2.94. The molecule has 5 rings (SSSR count). The van der Waals surface area contributed by atoms with Crippen LogP contribution in [-0.2, 0) is 11.3 Å². The topological polar surface area (TPSA) is 46.9 Å². The second-order valence-corrected chi connectivity index (χ2v) is 7.91. The van der Waals surface area contributed by atoms with Crippen LogP contribution in [0.2, 0.25) is 0 Å². The molecule has 114 valence electrons. The smallest absolute Gasteiger partial charge is 0.241 e. The molecule has 0 aromatic carbocycles. The van der Waals surface area contributed by atoms with Gasteiger partial charge >= 0.3 is 0 Å². The lowest BCUT2D eigenvalue weighted by Gasteiger charge is -2.56. The zero-order valence-electron chi connectivity index (χ0n) is 12.8. The second kappa shape index (κ2) is 4.85. The minimum atomic E-state index is 0.105. The standard InChI is InChI=1S/C17H25N3O/c1-12-8-19-20(9-12)10-16(21)18-11-17-5-13-2-14(6-17)4-15(3-13)7-17/h8-9,13-15H,2-7,10-11H2,1H3,(H,18,21). The average Bonchev–Trinajstić information content (AvgIpc) is 2.80. The number of nitrogens with one attached hydrogen (secondary N) is 1. The van der Waals surface area contributed by atoms with E-state index in [2.05, 4.69) is 10.4 Å². The minimum Gasteiger partial charge on any atom is -0.354 e. The van der Waals surface area contributed by atoms with E-state index < -0.39 is 0 Å². The number of carbonyl (C=O) groups excluding carboxylic acids is 1. The Labute approximate surface area is 126 Å². The van der Waals surface area contributed by atoms with E-state index in [1.807, 2.05) is 13.1 Å². The van der Waals surface area contributed by atoms with Crippen LogP contribution in [0.5, 0.6) is 0 Å². The Morgan fingerprint density at radius 2 is 1.90 bits per heavy atom. The van der Waals surface area contributed by atoms with E-state index in [-0.39, 0.29) is 5.91 Å². The highest BCUT2D eigenvalue weighted by Crippen LogP contribution is 2.59. The zero-order chi connectivity index (χ0) is 14.4. The molecule has 1 aromatic heterocycles. The van der Waals surface area contributed by atoms with Crippen molar-refractivity contribution in [3.8, 4) is 0 Å². The fourth-order valence-electron chi connectivity index (χ4n) is 5.55. The normalized spacial score (nSPS) is 36.9. The quantitative estimate of drug-likeness (QED) is 0.925. The summed E-state index contributed by atoms with van der Waals surface area (Å²) in [5.41, 5.74) is 1.52. The Morgan fingerprint density at radius 3 is 2.43 bits per heavy atom. The van der Waals surface area contributed by atoms with E-state index in [1.165, 1.54) is 38.5 Å². The van der Waals surface area contributed by atoms with Crippen molar-refractivity contribution >= 4 is 5.91 Å². The second-order valence-electron chi connectivity index (χ2n) is 7.91. The average molecular weight is 287 g/mol. The molecule has 0 spiro atoms. The first kappa shape index (κ1) is 13.4. The van der Waals surface area contributed by atoms with Gasteiger partial charge in [0.15, 0.2) is 0 Å². The van der Waals surface area contributed by atoms with E-state index in [9.17, 15) is 4.79 Å². The van der Waals surface area contributed by atoms with Crippen molar-refractivity contribution in [1.29, 1.82) is 0 Å². The monoisotopic (exact) mass is 287 g/mol. The van der Waals surface area contributed by atoms with Gasteiger partial charge in [-0.3, -0.25) is 9.48 Å². The Hall–Kier alpha value is -1.32. The Bertz CT molecular complexity index is 513. The third-order valence-corrected chi connectivity index (χ3v) is 5.89. The van der Waals surface area contributed by atoms with Crippen molar-refractivity contribution in [1.82, 2.24) is 15.1 Å². The maximum absolute atomic E-state index is 12.1. The molecule has 21 heavy (non-hydrogen) atoms. The number of amides is 1. The fourth-order valence-corrected chi connectivity index (χ4v) is 5.55. The molecular formula is C17H25N3O. The maximum Gasteiger partial charge on any atom is 0.241 e. The Morgan fingerprint density at radius 1 is 1.29 bits per heavy atom. The summed E-state index contributed by atoms with van der Waals surface area (Å²) >= 11 is 0. The molecular weight excluding hydrogens is 262 g/mol. The number of aromatic nitrogens is 2. The molecule has 0 aliphatic heterocycles. The lowest BCUT2D eigenvalue weighted by molar-refractivity contribution is -0.124. The van der Waals surface area contributed by atoms with E-state index in [4.69, 9.17) is 0 Å². The van der Waals surface area contributed by atoms with Gasteiger partial charge in [-0.05, 0) is 74.2 Å². The number of aryl methyl sites for hydroxylation is 1. The lowest BCUT2D eigenvalue weighted by atomic mass is 9.49. The molecule has 1 N–H and O–H groups in total. The minimum absolute atomic E-state index is 0.105. The van der Waals surface area contributed by atoms with Crippen LogP contribution in [0.25, 0.3) is 0 Å². The first-order chi connectivity index (χ1) is 10.1. The van der Waals surface area contributed by atoms with Crippen molar-refractivity contribution in [2.45, 2.75) is 52.0 Å². The molecule has 1 amide bonds. The molecule has 4 aliphatic carbocycles. The van der Waals surface area contributed by atoms with Crippen molar-refractivity contribution < 1.29 is 4.79 Å². The van der Waals surface area contributed by atoms with Gasteiger partial charge in [0.05, 0.1) is 6.20 Å².